The van der Waals surface area contributed by atoms with Crippen molar-refractivity contribution in [1.82, 2.24) is 0 Å². The molecule has 112 valence electrons. The molecule has 0 saturated heterocycles. The summed E-state index contributed by atoms with van der Waals surface area (Å²) in [4.78, 5) is 0. The number of rotatable bonds is 4. The van der Waals surface area contributed by atoms with Crippen molar-refractivity contribution in [3.05, 3.63) is 34.1 Å². The molecule has 1 saturated carbocycles. The molecule has 20 heavy (non-hydrogen) atoms. The molecular formula is C16H22BrFO2. The van der Waals surface area contributed by atoms with Gasteiger partial charge in [0.2, 0.25) is 0 Å². The molecule has 1 aliphatic rings. The second-order valence-electron chi connectivity index (χ2n) is 5.73. The molecule has 0 amide bonds. The summed E-state index contributed by atoms with van der Waals surface area (Å²) < 4.78 is 20.5. The third-order valence-corrected chi connectivity index (χ3v) is 4.94. The van der Waals surface area contributed by atoms with Crippen LogP contribution in [0.25, 0.3) is 0 Å². The largest absolute Gasteiger partial charge is 0.385 e. The Labute approximate surface area is 128 Å². The van der Waals surface area contributed by atoms with E-state index in [0.29, 0.717) is 22.6 Å². The molecular weight excluding hydrogens is 323 g/mol. The Morgan fingerprint density at radius 2 is 2.10 bits per heavy atom. The van der Waals surface area contributed by atoms with Crippen LogP contribution in [0.1, 0.15) is 51.2 Å². The molecule has 0 bridgehead atoms. The molecule has 1 fully saturated rings. The summed E-state index contributed by atoms with van der Waals surface area (Å²) in [6, 6.07) is 5.03. The summed E-state index contributed by atoms with van der Waals surface area (Å²) in [5.41, 5.74) is -0.328. The Morgan fingerprint density at radius 3 is 2.70 bits per heavy atom. The molecule has 0 heterocycles. The zero-order chi connectivity index (χ0) is 14.8. The van der Waals surface area contributed by atoms with Crippen molar-refractivity contribution in [1.29, 1.82) is 0 Å². The van der Waals surface area contributed by atoms with Crippen molar-refractivity contribution in [3.63, 3.8) is 0 Å². The van der Waals surface area contributed by atoms with Gasteiger partial charge >= 0.3 is 0 Å². The maximum atomic E-state index is 14.2. The van der Waals surface area contributed by atoms with E-state index in [1.54, 1.807) is 18.2 Å². The molecule has 2 rings (SSSR count). The van der Waals surface area contributed by atoms with Gasteiger partial charge in [-0.05, 0) is 60.5 Å². The summed E-state index contributed by atoms with van der Waals surface area (Å²) in [6.45, 7) is 4.66. The van der Waals surface area contributed by atoms with Crippen LogP contribution in [-0.2, 0) is 4.74 Å². The van der Waals surface area contributed by atoms with Crippen LogP contribution in [0.5, 0.6) is 0 Å². The minimum atomic E-state index is -0.924. The fraction of sp³-hybridized carbons (Fsp3) is 0.625. The van der Waals surface area contributed by atoms with Crippen LogP contribution in [0.4, 0.5) is 4.39 Å². The molecule has 2 nitrogen and oxygen atoms in total. The number of aliphatic hydroxyl groups excluding tert-OH is 1. The fourth-order valence-corrected chi connectivity index (χ4v) is 3.43. The molecule has 1 aromatic rings. The Balaban J connectivity index is 2.31. The van der Waals surface area contributed by atoms with Gasteiger partial charge in [0, 0.05) is 12.2 Å². The van der Waals surface area contributed by atoms with Crippen LogP contribution in [0.3, 0.4) is 0 Å². The Hall–Kier alpha value is -0.450. The number of ether oxygens (including phenoxy) is 1. The SMILES string of the molecule is CCOC1(C(O)c2cccc(Br)c2F)CCC(C)CC1. The number of aliphatic hydroxyl groups is 1. The molecule has 1 aromatic carbocycles. The number of hydrogen-bond donors (Lipinski definition) is 1. The Kier molecular flexibility index (Phi) is 5.21. The Morgan fingerprint density at radius 1 is 1.45 bits per heavy atom. The van der Waals surface area contributed by atoms with Gasteiger partial charge in [0.25, 0.3) is 0 Å². The molecule has 0 spiro atoms. The fourth-order valence-electron chi connectivity index (χ4n) is 3.05. The standard InChI is InChI=1S/C16H22BrFO2/c1-3-20-16(9-7-11(2)8-10-16)15(19)12-5-4-6-13(17)14(12)18/h4-6,11,15,19H,3,7-10H2,1-2H3. The molecule has 4 heteroatoms. The highest BCUT2D eigenvalue weighted by Gasteiger charge is 2.43. The monoisotopic (exact) mass is 344 g/mol. The molecule has 0 radical (unpaired) electrons. The van der Waals surface area contributed by atoms with Crippen LogP contribution in [-0.4, -0.2) is 17.3 Å². The molecule has 1 atom stereocenters. The molecule has 1 N–H and O–H groups in total. The highest BCUT2D eigenvalue weighted by atomic mass is 79.9. The van der Waals surface area contributed by atoms with Crippen LogP contribution in [0, 0.1) is 11.7 Å². The molecule has 0 aromatic heterocycles. The van der Waals surface area contributed by atoms with Crippen molar-refractivity contribution < 1.29 is 14.2 Å². The number of halogens is 2. The van der Waals surface area contributed by atoms with Crippen LogP contribution >= 0.6 is 15.9 Å². The Bertz CT molecular complexity index is 456. The van der Waals surface area contributed by atoms with Crippen molar-refractivity contribution >= 4 is 15.9 Å². The van der Waals surface area contributed by atoms with Gasteiger partial charge in [-0.2, -0.15) is 0 Å². The average molecular weight is 345 g/mol. The summed E-state index contributed by atoms with van der Waals surface area (Å²) >= 11 is 3.18. The maximum Gasteiger partial charge on any atom is 0.143 e. The van der Waals surface area contributed by atoms with Gasteiger partial charge in [0.1, 0.15) is 11.9 Å². The highest BCUT2D eigenvalue weighted by molar-refractivity contribution is 9.10. The van der Waals surface area contributed by atoms with E-state index in [0.717, 1.165) is 25.7 Å². The first-order valence-electron chi connectivity index (χ1n) is 7.26. The van der Waals surface area contributed by atoms with Crippen LogP contribution < -0.4 is 0 Å². The van der Waals surface area contributed by atoms with Gasteiger partial charge in [0.15, 0.2) is 0 Å². The average Bonchev–Trinajstić information content (AvgIpc) is 2.44. The molecule has 0 aliphatic heterocycles. The van der Waals surface area contributed by atoms with Gasteiger partial charge in [-0.3, -0.25) is 0 Å². The summed E-state index contributed by atoms with van der Waals surface area (Å²) in [6.07, 6.45) is 2.64. The van der Waals surface area contributed by atoms with E-state index in [4.69, 9.17) is 4.74 Å². The van der Waals surface area contributed by atoms with E-state index in [9.17, 15) is 9.50 Å². The predicted octanol–water partition coefficient (Wildman–Crippen LogP) is 4.61. The van der Waals surface area contributed by atoms with Gasteiger partial charge in [-0.1, -0.05) is 19.1 Å². The molecule has 1 unspecified atom stereocenters. The van der Waals surface area contributed by atoms with Crippen molar-refractivity contribution in [2.75, 3.05) is 6.61 Å². The lowest BCUT2D eigenvalue weighted by molar-refractivity contribution is -0.147. The smallest absolute Gasteiger partial charge is 0.143 e. The lowest BCUT2D eigenvalue weighted by Gasteiger charge is -2.42. The van der Waals surface area contributed by atoms with E-state index >= 15 is 0 Å². The predicted molar refractivity (Wildman–Crippen MR) is 81.0 cm³/mol. The normalized spacial score (nSPS) is 28.4. The first kappa shape index (κ1) is 15.9. The van der Waals surface area contributed by atoms with Gasteiger partial charge in [-0.25, -0.2) is 4.39 Å². The summed E-state index contributed by atoms with van der Waals surface area (Å²) in [5.74, 6) is 0.251. The zero-order valence-electron chi connectivity index (χ0n) is 12.0. The summed E-state index contributed by atoms with van der Waals surface area (Å²) in [7, 11) is 0. The third-order valence-electron chi connectivity index (χ3n) is 4.33. The van der Waals surface area contributed by atoms with Gasteiger partial charge in [0.05, 0.1) is 10.1 Å². The number of benzene rings is 1. The van der Waals surface area contributed by atoms with Crippen molar-refractivity contribution in [3.8, 4) is 0 Å². The maximum absolute atomic E-state index is 14.2. The van der Waals surface area contributed by atoms with E-state index < -0.39 is 17.5 Å². The first-order valence-corrected chi connectivity index (χ1v) is 8.05. The van der Waals surface area contributed by atoms with Crippen LogP contribution in [0.15, 0.2) is 22.7 Å². The lowest BCUT2D eigenvalue weighted by atomic mass is 9.74. The third kappa shape index (κ3) is 3.07. The molecule has 1 aliphatic carbocycles. The van der Waals surface area contributed by atoms with E-state index in [2.05, 4.69) is 22.9 Å². The van der Waals surface area contributed by atoms with Crippen molar-refractivity contribution in [2.24, 2.45) is 5.92 Å². The van der Waals surface area contributed by atoms with E-state index in [1.807, 2.05) is 6.92 Å². The summed E-state index contributed by atoms with van der Waals surface area (Å²) in [5, 5.41) is 10.7. The first-order chi connectivity index (χ1) is 9.50. The topological polar surface area (TPSA) is 29.5 Å². The second-order valence-corrected chi connectivity index (χ2v) is 6.58. The zero-order valence-corrected chi connectivity index (χ0v) is 13.6. The lowest BCUT2D eigenvalue weighted by Crippen LogP contribution is -2.43. The van der Waals surface area contributed by atoms with Gasteiger partial charge in [-0.15, -0.1) is 0 Å². The van der Waals surface area contributed by atoms with E-state index in [1.165, 1.54) is 0 Å². The minimum absolute atomic E-state index is 0.322. The quantitative estimate of drug-likeness (QED) is 0.864. The highest BCUT2D eigenvalue weighted by Crippen LogP contribution is 2.44. The number of hydrogen-bond acceptors (Lipinski definition) is 2. The van der Waals surface area contributed by atoms with Crippen LogP contribution in [0.2, 0.25) is 0 Å². The second kappa shape index (κ2) is 6.54. The van der Waals surface area contributed by atoms with Crippen molar-refractivity contribution in [2.45, 2.75) is 51.2 Å². The minimum Gasteiger partial charge on any atom is -0.385 e. The van der Waals surface area contributed by atoms with E-state index in [-0.39, 0.29) is 0 Å². The van der Waals surface area contributed by atoms with Gasteiger partial charge < -0.3 is 9.84 Å².